The molecular weight excluding hydrogens is 306 g/mol. The van der Waals surface area contributed by atoms with Crippen LogP contribution in [0.4, 0.5) is 26.3 Å². The molecule has 2 rings (SSSR count). The third-order valence-electron chi connectivity index (χ3n) is 3.19. The zero-order valence-electron chi connectivity index (χ0n) is 10.3. The molecule has 0 radical (unpaired) electrons. The molecule has 1 aromatic rings. The van der Waals surface area contributed by atoms with E-state index in [-0.39, 0.29) is 25.2 Å². The summed E-state index contributed by atoms with van der Waals surface area (Å²) < 4.78 is 78.8. The standard InChI is InChI=1S/C11H12F6N2S/c12-10(13,14)7-2-1-3-19(5-7)6-8-4-9(20-18-8)11(15,16)17/h4,7H,1-3,5-6H2. The lowest BCUT2D eigenvalue weighted by molar-refractivity contribution is -0.187. The third-order valence-corrected chi connectivity index (χ3v) is 4.06. The van der Waals surface area contributed by atoms with Crippen molar-refractivity contribution in [2.24, 2.45) is 5.92 Å². The van der Waals surface area contributed by atoms with Gasteiger partial charge in [0.25, 0.3) is 0 Å². The molecule has 0 N–H and O–H groups in total. The Morgan fingerprint density at radius 2 is 1.95 bits per heavy atom. The Morgan fingerprint density at radius 3 is 2.50 bits per heavy atom. The summed E-state index contributed by atoms with van der Waals surface area (Å²) in [5, 5.41) is 0. The van der Waals surface area contributed by atoms with Gasteiger partial charge >= 0.3 is 12.4 Å². The van der Waals surface area contributed by atoms with Crippen molar-refractivity contribution in [1.29, 1.82) is 0 Å². The molecule has 1 aliphatic heterocycles. The number of halogens is 6. The fourth-order valence-corrected chi connectivity index (χ4v) is 2.83. The van der Waals surface area contributed by atoms with Crippen molar-refractivity contribution in [3.05, 3.63) is 16.6 Å². The number of hydrogen-bond acceptors (Lipinski definition) is 3. The van der Waals surface area contributed by atoms with Gasteiger partial charge in [-0.05, 0) is 37.0 Å². The van der Waals surface area contributed by atoms with Gasteiger partial charge in [0.05, 0.1) is 11.6 Å². The van der Waals surface area contributed by atoms with Crippen LogP contribution in [0.2, 0.25) is 0 Å². The van der Waals surface area contributed by atoms with Crippen LogP contribution < -0.4 is 0 Å². The molecule has 0 aromatic carbocycles. The van der Waals surface area contributed by atoms with Crippen molar-refractivity contribution in [3.63, 3.8) is 0 Å². The average molecular weight is 318 g/mol. The van der Waals surface area contributed by atoms with Crippen LogP contribution in [-0.4, -0.2) is 28.5 Å². The van der Waals surface area contributed by atoms with Gasteiger partial charge < -0.3 is 0 Å². The van der Waals surface area contributed by atoms with Crippen LogP contribution >= 0.6 is 11.5 Å². The van der Waals surface area contributed by atoms with Gasteiger partial charge in [0.15, 0.2) is 0 Å². The quantitative estimate of drug-likeness (QED) is 0.768. The zero-order valence-corrected chi connectivity index (χ0v) is 11.1. The highest BCUT2D eigenvalue weighted by Gasteiger charge is 2.42. The summed E-state index contributed by atoms with van der Waals surface area (Å²) in [6, 6.07) is 0.905. The summed E-state index contributed by atoms with van der Waals surface area (Å²) in [7, 11) is 0. The van der Waals surface area contributed by atoms with E-state index in [0.29, 0.717) is 24.5 Å². The predicted octanol–water partition coefficient (Wildman–Crippen LogP) is 3.94. The van der Waals surface area contributed by atoms with Gasteiger partial charge in [0.2, 0.25) is 0 Å². The average Bonchev–Trinajstić information content (AvgIpc) is 2.76. The van der Waals surface area contributed by atoms with E-state index in [0.717, 1.165) is 6.07 Å². The zero-order chi connectivity index (χ0) is 15.0. The number of alkyl halides is 6. The monoisotopic (exact) mass is 318 g/mol. The number of likely N-dealkylation sites (tertiary alicyclic amines) is 1. The maximum absolute atomic E-state index is 12.6. The summed E-state index contributed by atoms with van der Waals surface area (Å²) in [6.07, 6.45) is -8.24. The second-order valence-corrected chi connectivity index (χ2v) is 5.60. The minimum Gasteiger partial charge on any atom is -0.297 e. The lowest BCUT2D eigenvalue weighted by Crippen LogP contribution is -2.41. The van der Waals surface area contributed by atoms with E-state index >= 15 is 0 Å². The van der Waals surface area contributed by atoms with Crippen molar-refractivity contribution < 1.29 is 26.3 Å². The molecule has 0 bridgehead atoms. The molecule has 1 fully saturated rings. The number of nitrogens with zero attached hydrogens (tertiary/aromatic N) is 2. The molecule has 20 heavy (non-hydrogen) atoms. The van der Waals surface area contributed by atoms with Crippen molar-refractivity contribution in [3.8, 4) is 0 Å². The lowest BCUT2D eigenvalue weighted by Gasteiger charge is -2.33. The molecule has 1 unspecified atom stereocenters. The van der Waals surface area contributed by atoms with Crippen LogP contribution in [0.15, 0.2) is 6.07 Å². The maximum Gasteiger partial charge on any atom is 0.427 e. The highest BCUT2D eigenvalue weighted by atomic mass is 32.1. The first-order valence-corrected chi connectivity index (χ1v) is 6.75. The van der Waals surface area contributed by atoms with E-state index in [4.69, 9.17) is 0 Å². The molecule has 2 nitrogen and oxygen atoms in total. The van der Waals surface area contributed by atoms with E-state index in [2.05, 4.69) is 4.37 Å². The molecule has 0 spiro atoms. The highest BCUT2D eigenvalue weighted by molar-refractivity contribution is 7.05. The van der Waals surface area contributed by atoms with E-state index in [1.807, 2.05) is 0 Å². The van der Waals surface area contributed by atoms with Crippen LogP contribution in [0.5, 0.6) is 0 Å². The molecule has 1 aromatic heterocycles. The maximum atomic E-state index is 12.6. The molecule has 1 saturated heterocycles. The van der Waals surface area contributed by atoms with Crippen molar-refractivity contribution in [1.82, 2.24) is 9.27 Å². The molecule has 2 heterocycles. The summed E-state index contributed by atoms with van der Waals surface area (Å²) in [6.45, 7) is 0.299. The molecule has 0 amide bonds. The Hall–Kier alpha value is -0.830. The third kappa shape index (κ3) is 3.85. The molecule has 9 heteroatoms. The summed E-state index contributed by atoms with van der Waals surface area (Å²) >= 11 is 0.328. The Morgan fingerprint density at radius 1 is 1.25 bits per heavy atom. The highest BCUT2D eigenvalue weighted by Crippen LogP contribution is 2.35. The van der Waals surface area contributed by atoms with Crippen molar-refractivity contribution in [2.75, 3.05) is 13.1 Å². The van der Waals surface area contributed by atoms with Crippen LogP contribution in [-0.2, 0) is 12.7 Å². The topological polar surface area (TPSA) is 16.1 Å². The van der Waals surface area contributed by atoms with E-state index in [1.165, 1.54) is 4.90 Å². The minimum atomic E-state index is -4.45. The normalized spacial score (nSPS) is 22.2. The first-order valence-electron chi connectivity index (χ1n) is 5.98. The van der Waals surface area contributed by atoms with E-state index in [9.17, 15) is 26.3 Å². The molecule has 1 aliphatic rings. The molecule has 1 atom stereocenters. The fraction of sp³-hybridized carbons (Fsp3) is 0.727. The summed E-state index contributed by atoms with van der Waals surface area (Å²) in [5.41, 5.74) is 0.171. The van der Waals surface area contributed by atoms with Crippen LogP contribution in [0.25, 0.3) is 0 Å². The Kier molecular flexibility index (Phi) is 4.29. The van der Waals surface area contributed by atoms with Gasteiger partial charge in [-0.1, -0.05) is 0 Å². The summed E-state index contributed by atoms with van der Waals surface area (Å²) in [5.74, 6) is -1.41. The fourth-order valence-electron chi connectivity index (χ4n) is 2.22. The summed E-state index contributed by atoms with van der Waals surface area (Å²) in [4.78, 5) is 0.688. The molecule has 0 saturated carbocycles. The predicted molar refractivity (Wildman–Crippen MR) is 61.2 cm³/mol. The lowest BCUT2D eigenvalue weighted by atomic mass is 9.97. The van der Waals surface area contributed by atoms with Gasteiger partial charge in [0, 0.05) is 13.1 Å². The van der Waals surface area contributed by atoms with Gasteiger partial charge in [-0.3, -0.25) is 4.90 Å². The van der Waals surface area contributed by atoms with Crippen molar-refractivity contribution >= 4 is 11.5 Å². The SMILES string of the molecule is FC(F)(F)c1cc(CN2CCCC(C(F)(F)F)C2)ns1. The number of hydrogen-bond donors (Lipinski definition) is 0. The Balaban J connectivity index is 1.98. The van der Waals surface area contributed by atoms with E-state index < -0.39 is 23.1 Å². The van der Waals surface area contributed by atoms with Gasteiger partial charge in [-0.25, -0.2) is 0 Å². The van der Waals surface area contributed by atoms with Gasteiger partial charge in [0.1, 0.15) is 4.88 Å². The van der Waals surface area contributed by atoms with E-state index in [1.54, 1.807) is 0 Å². The second kappa shape index (κ2) is 5.51. The Labute approximate surface area is 115 Å². The van der Waals surface area contributed by atoms with Crippen LogP contribution in [0.3, 0.4) is 0 Å². The van der Waals surface area contributed by atoms with Crippen LogP contribution in [0, 0.1) is 5.92 Å². The Bertz CT molecular complexity index is 453. The second-order valence-electron chi connectivity index (χ2n) is 4.80. The van der Waals surface area contributed by atoms with Gasteiger partial charge in [-0.2, -0.15) is 30.7 Å². The molecule has 114 valence electrons. The van der Waals surface area contributed by atoms with Gasteiger partial charge in [-0.15, -0.1) is 0 Å². The first-order chi connectivity index (χ1) is 9.16. The first kappa shape index (κ1) is 15.6. The number of piperidine rings is 1. The number of rotatable bonds is 2. The molecule has 0 aliphatic carbocycles. The smallest absolute Gasteiger partial charge is 0.297 e. The largest absolute Gasteiger partial charge is 0.427 e. The molecular formula is C11H12F6N2S. The van der Waals surface area contributed by atoms with Crippen LogP contribution in [0.1, 0.15) is 23.4 Å². The van der Waals surface area contributed by atoms with Crippen molar-refractivity contribution in [2.45, 2.75) is 31.7 Å². The number of aromatic nitrogens is 1. The minimum absolute atomic E-state index is 0.0269.